The van der Waals surface area contributed by atoms with E-state index in [0.717, 1.165) is 6.54 Å². The highest BCUT2D eigenvalue weighted by Crippen LogP contribution is 2.18. The molecule has 0 spiro atoms. The third-order valence-electron chi connectivity index (χ3n) is 3.32. The normalized spacial score (nSPS) is 11.5. The van der Waals surface area contributed by atoms with Crippen LogP contribution in [0.5, 0.6) is 0 Å². The predicted molar refractivity (Wildman–Crippen MR) is 74.3 cm³/mol. The summed E-state index contributed by atoms with van der Waals surface area (Å²) in [6.45, 7) is 12.5. The number of hydrogen-bond acceptors (Lipinski definition) is 0. The van der Waals surface area contributed by atoms with E-state index in [9.17, 15) is 0 Å². The monoisotopic (exact) mass is 234 g/mol. The van der Waals surface area contributed by atoms with Gasteiger partial charge in [0.1, 0.15) is 6.54 Å². The topological polar surface area (TPSA) is 3.88 Å². The fourth-order valence-corrected chi connectivity index (χ4v) is 1.99. The first-order valence-electron chi connectivity index (χ1n) is 7.08. The van der Waals surface area contributed by atoms with Gasteiger partial charge in [0.25, 0.3) is 0 Å². The average Bonchev–Trinajstić information content (AvgIpc) is 2.29. The number of hydrogen-bond donors (Lipinski definition) is 0. The highest BCUT2D eigenvalue weighted by atomic mass is 14.9. The maximum Gasteiger partial charge on any atom is 0.172 e. The molecule has 1 aromatic heterocycles. The van der Waals surface area contributed by atoms with Crippen LogP contribution in [0, 0.1) is 0 Å². The van der Waals surface area contributed by atoms with Crippen molar-refractivity contribution in [1.82, 2.24) is 0 Å². The zero-order valence-corrected chi connectivity index (χ0v) is 12.2. The molecule has 0 atom stereocenters. The molecule has 1 rings (SSSR count). The van der Waals surface area contributed by atoms with Gasteiger partial charge in [0.2, 0.25) is 0 Å². The van der Waals surface area contributed by atoms with E-state index in [1.54, 1.807) is 0 Å². The quantitative estimate of drug-likeness (QED) is 0.507. The van der Waals surface area contributed by atoms with Crippen molar-refractivity contribution in [2.45, 2.75) is 72.3 Å². The first-order valence-corrected chi connectivity index (χ1v) is 7.08. The Bertz CT molecular complexity index is 313. The zero-order valence-electron chi connectivity index (χ0n) is 12.2. The minimum absolute atomic E-state index is 0.617. The summed E-state index contributed by atoms with van der Waals surface area (Å²) in [6.07, 6.45) is 8.57. The van der Waals surface area contributed by atoms with E-state index in [0.29, 0.717) is 11.8 Å². The van der Waals surface area contributed by atoms with Gasteiger partial charge >= 0.3 is 0 Å². The van der Waals surface area contributed by atoms with Crippen LogP contribution in [0.3, 0.4) is 0 Å². The van der Waals surface area contributed by atoms with E-state index in [1.165, 1.54) is 30.4 Å². The van der Waals surface area contributed by atoms with Gasteiger partial charge in [-0.3, -0.25) is 0 Å². The standard InChI is InChI=1S/C16H28N/c1-6-7-8-9-17-11-15(13(2)3)10-16(12-17)14(4)5/h10-14H,6-9H2,1-5H3/q+1. The Balaban J connectivity index is 2.88. The Labute approximate surface area is 107 Å². The van der Waals surface area contributed by atoms with Crippen LogP contribution < -0.4 is 4.57 Å². The van der Waals surface area contributed by atoms with Gasteiger partial charge in [-0.15, -0.1) is 0 Å². The SMILES string of the molecule is CCCCC[n+]1cc(C(C)C)cc(C(C)C)c1. The first-order chi connectivity index (χ1) is 8.04. The summed E-state index contributed by atoms with van der Waals surface area (Å²) in [4.78, 5) is 0. The van der Waals surface area contributed by atoms with Crippen molar-refractivity contribution in [3.63, 3.8) is 0 Å². The molecule has 17 heavy (non-hydrogen) atoms. The second-order valence-electron chi connectivity index (χ2n) is 5.66. The van der Waals surface area contributed by atoms with Crippen molar-refractivity contribution in [3.05, 3.63) is 29.6 Å². The van der Waals surface area contributed by atoms with Gasteiger partial charge in [0, 0.05) is 17.5 Å². The van der Waals surface area contributed by atoms with E-state index in [-0.39, 0.29) is 0 Å². The summed E-state index contributed by atoms with van der Waals surface area (Å²) in [5.41, 5.74) is 2.93. The second kappa shape index (κ2) is 6.78. The van der Waals surface area contributed by atoms with Crippen molar-refractivity contribution >= 4 is 0 Å². The van der Waals surface area contributed by atoms with Crippen molar-refractivity contribution in [3.8, 4) is 0 Å². The Hall–Kier alpha value is -0.850. The molecule has 0 bridgehead atoms. The predicted octanol–water partition coefficient (Wildman–Crippen LogP) is 4.41. The van der Waals surface area contributed by atoms with Gasteiger partial charge in [0.05, 0.1) is 0 Å². The summed E-state index contributed by atoms with van der Waals surface area (Å²) >= 11 is 0. The molecule has 0 unspecified atom stereocenters. The number of aryl methyl sites for hydroxylation is 1. The summed E-state index contributed by atoms with van der Waals surface area (Å²) in [5, 5.41) is 0. The minimum atomic E-state index is 0.617. The lowest BCUT2D eigenvalue weighted by Crippen LogP contribution is -2.34. The fourth-order valence-electron chi connectivity index (χ4n) is 1.99. The summed E-state index contributed by atoms with van der Waals surface area (Å²) in [7, 11) is 0. The van der Waals surface area contributed by atoms with Gasteiger partial charge in [-0.1, -0.05) is 41.0 Å². The first kappa shape index (κ1) is 14.2. The van der Waals surface area contributed by atoms with Gasteiger partial charge in [-0.05, 0) is 24.3 Å². The van der Waals surface area contributed by atoms with Crippen LogP contribution >= 0.6 is 0 Å². The molecule has 96 valence electrons. The van der Waals surface area contributed by atoms with Crippen LogP contribution in [-0.4, -0.2) is 0 Å². The molecule has 0 aliphatic heterocycles. The average molecular weight is 234 g/mol. The Morgan fingerprint density at radius 3 is 1.88 bits per heavy atom. The highest BCUT2D eigenvalue weighted by molar-refractivity contribution is 5.20. The molecule has 0 saturated carbocycles. The van der Waals surface area contributed by atoms with Crippen LogP contribution in [0.15, 0.2) is 18.5 Å². The number of pyridine rings is 1. The highest BCUT2D eigenvalue weighted by Gasteiger charge is 2.12. The molecule has 1 heterocycles. The van der Waals surface area contributed by atoms with Crippen LogP contribution in [0.4, 0.5) is 0 Å². The molecule has 0 amide bonds. The van der Waals surface area contributed by atoms with Gasteiger partial charge < -0.3 is 0 Å². The number of aromatic nitrogens is 1. The molecule has 0 radical (unpaired) electrons. The molecule has 0 N–H and O–H groups in total. The van der Waals surface area contributed by atoms with E-state index in [2.05, 4.69) is 57.6 Å². The molecule has 0 aliphatic rings. The van der Waals surface area contributed by atoms with Crippen molar-refractivity contribution in [2.75, 3.05) is 0 Å². The lowest BCUT2D eigenvalue weighted by molar-refractivity contribution is -0.698. The lowest BCUT2D eigenvalue weighted by Gasteiger charge is -2.10. The smallest absolute Gasteiger partial charge is 0.172 e. The minimum Gasteiger partial charge on any atom is -0.205 e. The summed E-state index contributed by atoms with van der Waals surface area (Å²) in [5.74, 6) is 1.23. The Morgan fingerprint density at radius 1 is 0.941 bits per heavy atom. The molecule has 0 saturated heterocycles. The van der Waals surface area contributed by atoms with E-state index < -0.39 is 0 Å². The second-order valence-corrected chi connectivity index (χ2v) is 5.66. The zero-order chi connectivity index (χ0) is 12.8. The third-order valence-corrected chi connectivity index (χ3v) is 3.32. The van der Waals surface area contributed by atoms with Crippen LogP contribution in [-0.2, 0) is 6.54 Å². The molecular weight excluding hydrogens is 206 g/mol. The maximum absolute atomic E-state index is 2.39. The molecule has 0 fully saturated rings. The molecule has 1 aromatic rings. The van der Waals surface area contributed by atoms with Gasteiger partial charge in [-0.25, -0.2) is 4.57 Å². The van der Waals surface area contributed by atoms with Crippen molar-refractivity contribution in [1.29, 1.82) is 0 Å². The van der Waals surface area contributed by atoms with E-state index >= 15 is 0 Å². The van der Waals surface area contributed by atoms with Crippen molar-refractivity contribution < 1.29 is 4.57 Å². The van der Waals surface area contributed by atoms with Crippen LogP contribution in [0.1, 0.15) is 76.8 Å². The summed E-state index contributed by atoms with van der Waals surface area (Å²) < 4.78 is 2.39. The third kappa shape index (κ3) is 4.49. The Kier molecular flexibility index (Phi) is 5.67. The number of rotatable bonds is 6. The Morgan fingerprint density at radius 2 is 1.47 bits per heavy atom. The summed E-state index contributed by atoms with van der Waals surface area (Å²) in [6, 6.07) is 2.37. The fraction of sp³-hybridized carbons (Fsp3) is 0.688. The molecule has 1 heteroatoms. The number of unbranched alkanes of at least 4 members (excludes halogenated alkanes) is 2. The maximum atomic E-state index is 2.39. The van der Waals surface area contributed by atoms with Crippen molar-refractivity contribution in [2.24, 2.45) is 0 Å². The number of nitrogens with zero attached hydrogens (tertiary/aromatic N) is 1. The van der Waals surface area contributed by atoms with Gasteiger partial charge in [-0.2, -0.15) is 0 Å². The molecular formula is C16H28N+. The molecule has 0 aromatic carbocycles. The van der Waals surface area contributed by atoms with E-state index in [4.69, 9.17) is 0 Å². The molecule has 1 nitrogen and oxygen atoms in total. The largest absolute Gasteiger partial charge is 0.205 e. The molecule has 0 aliphatic carbocycles. The lowest BCUT2D eigenvalue weighted by atomic mass is 9.98. The van der Waals surface area contributed by atoms with Crippen LogP contribution in [0.25, 0.3) is 0 Å². The van der Waals surface area contributed by atoms with Gasteiger partial charge in [0.15, 0.2) is 12.4 Å². The van der Waals surface area contributed by atoms with E-state index in [1.807, 2.05) is 0 Å². The van der Waals surface area contributed by atoms with Crippen LogP contribution in [0.2, 0.25) is 0 Å².